The second-order valence-electron chi connectivity index (χ2n) is 7.35. The Labute approximate surface area is 169 Å². The molecule has 1 amide bonds. The van der Waals surface area contributed by atoms with E-state index in [0.717, 1.165) is 32.5 Å². The third kappa shape index (κ3) is 4.49. The monoisotopic (exact) mass is 392 g/mol. The van der Waals surface area contributed by atoms with E-state index in [2.05, 4.69) is 34.5 Å². The second-order valence-corrected chi connectivity index (χ2v) is 7.35. The molecule has 2 heterocycles. The van der Waals surface area contributed by atoms with Crippen molar-refractivity contribution in [2.24, 2.45) is 0 Å². The molecular formula is C23H24N2O4. The molecule has 0 spiro atoms. The molecule has 2 aromatic carbocycles. The Morgan fingerprint density at radius 2 is 1.90 bits per heavy atom. The zero-order chi connectivity index (χ0) is 20.2. The summed E-state index contributed by atoms with van der Waals surface area (Å²) in [6, 6.07) is 16.7. The molecule has 6 nitrogen and oxygen atoms in total. The van der Waals surface area contributed by atoms with Crippen LogP contribution in [0.15, 0.2) is 63.8 Å². The summed E-state index contributed by atoms with van der Waals surface area (Å²) in [6.45, 7) is 2.75. The minimum Gasteiger partial charge on any atom is -0.497 e. The number of ether oxygens (including phenoxy) is 1. The average Bonchev–Trinajstić information content (AvgIpc) is 2.75. The first-order valence-electron chi connectivity index (χ1n) is 9.81. The van der Waals surface area contributed by atoms with Crippen LogP contribution < -0.4 is 15.5 Å². The van der Waals surface area contributed by atoms with Gasteiger partial charge in [0.25, 0.3) is 5.91 Å². The Balaban J connectivity index is 1.39. The number of piperidine rings is 1. The molecule has 0 atom stereocenters. The van der Waals surface area contributed by atoms with Crippen LogP contribution >= 0.6 is 0 Å². The molecule has 1 aliphatic heterocycles. The highest BCUT2D eigenvalue weighted by Gasteiger charge is 2.22. The van der Waals surface area contributed by atoms with Crippen molar-refractivity contribution in [2.75, 3.05) is 20.2 Å². The molecule has 0 saturated carbocycles. The van der Waals surface area contributed by atoms with Crippen LogP contribution in [0.3, 0.4) is 0 Å². The molecule has 4 rings (SSSR count). The Morgan fingerprint density at radius 3 is 2.62 bits per heavy atom. The molecule has 6 heteroatoms. The lowest BCUT2D eigenvalue weighted by atomic mass is 10.0. The standard InChI is InChI=1S/C23H24N2O4/c1-28-18-7-8-19-20(26)14-22(29-21(19)13-18)23(27)24-17-9-11-25(12-10-17)15-16-5-3-2-4-6-16/h2-8,13-14,17H,9-12,15H2,1H3,(H,24,27). The third-order valence-electron chi connectivity index (χ3n) is 5.33. The summed E-state index contributed by atoms with van der Waals surface area (Å²) < 4.78 is 10.9. The van der Waals surface area contributed by atoms with Gasteiger partial charge >= 0.3 is 0 Å². The van der Waals surface area contributed by atoms with Gasteiger partial charge in [0.05, 0.1) is 12.5 Å². The number of likely N-dealkylation sites (tertiary alicyclic amines) is 1. The molecular weight excluding hydrogens is 368 g/mol. The van der Waals surface area contributed by atoms with Crippen LogP contribution in [0.5, 0.6) is 5.75 Å². The number of fused-ring (bicyclic) bond motifs is 1. The number of benzene rings is 2. The van der Waals surface area contributed by atoms with Crippen molar-refractivity contribution in [1.82, 2.24) is 10.2 Å². The smallest absolute Gasteiger partial charge is 0.287 e. The number of nitrogens with zero attached hydrogens (tertiary/aromatic N) is 1. The number of hydrogen-bond donors (Lipinski definition) is 1. The SMILES string of the molecule is COc1ccc2c(=O)cc(C(=O)NC3CCN(Cc4ccccc4)CC3)oc2c1. The first kappa shape index (κ1) is 19.2. The molecule has 3 aromatic rings. The zero-order valence-electron chi connectivity index (χ0n) is 16.4. The maximum absolute atomic E-state index is 12.6. The summed E-state index contributed by atoms with van der Waals surface area (Å²) in [5.41, 5.74) is 1.40. The molecule has 0 aliphatic carbocycles. The first-order valence-corrected chi connectivity index (χ1v) is 9.81. The lowest BCUT2D eigenvalue weighted by molar-refractivity contribution is 0.0881. The van der Waals surface area contributed by atoms with Crippen molar-refractivity contribution >= 4 is 16.9 Å². The molecule has 1 N–H and O–H groups in total. The van der Waals surface area contributed by atoms with Crippen molar-refractivity contribution in [3.63, 3.8) is 0 Å². The molecule has 1 fully saturated rings. The van der Waals surface area contributed by atoms with E-state index in [4.69, 9.17) is 9.15 Å². The van der Waals surface area contributed by atoms with E-state index in [1.165, 1.54) is 11.6 Å². The molecule has 150 valence electrons. The molecule has 1 aliphatic rings. The lowest BCUT2D eigenvalue weighted by Gasteiger charge is -2.32. The minimum atomic E-state index is -0.353. The van der Waals surface area contributed by atoms with E-state index >= 15 is 0 Å². The highest BCUT2D eigenvalue weighted by Crippen LogP contribution is 2.20. The van der Waals surface area contributed by atoms with Crippen LogP contribution in [-0.2, 0) is 6.54 Å². The van der Waals surface area contributed by atoms with Gasteiger partial charge in [-0.3, -0.25) is 14.5 Å². The summed E-state index contributed by atoms with van der Waals surface area (Å²) >= 11 is 0. The van der Waals surface area contributed by atoms with Gasteiger partial charge in [0.2, 0.25) is 0 Å². The number of hydrogen-bond acceptors (Lipinski definition) is 5. The average molecular weight is 392 g/mol. The van der Waals surface area contributed by atoms with Crippen molar-refractivity contribution in [3.05, 3.63) is 76.1 Å². The van der Waals surface area contributed by atoms with Crippen LogP contribution in [0.2, 0.25) is 0 Å². The quantitative estimate of drug-likeness (QED) is 0.722. The molecule has 1 saturated heterocycles. The molecule has 29 heavy (non-hydrogen) atoms. The lowest BCUT2D eigenvalue weighted by Crippen LogP contribution is -2.44. The van der Waals surface area contributed by atoms with Crippen molar-refractivity contribution in [3.8, 4) is 5.75 Å². The zero-order valence-corrected chi connectivity index (χ0v) is 16.4. The van der Waals surface area contributed by atoms with E-state index in [9.17, 15) is 9.59 Å². The number of amides is 1. The predicted octanol–water partition coefficient (Wildman–Crippen LogP) is 3.20. The second kappa shape index (κ2) is 8.49. The molecule has 0 unspecified atom stereocenters. The van der Waals surface area contributed by atoms with Crippen molar-refractivity contribution in [2.45, 2.75) is 25.4 Å². The van der Waals surface area contributed by atoms with E-state index < -0.39 is 0 Å². The minimum absolute atomic E-state index is 0.0301. The summed E-state index contributed by atoms with van der Waals surface area (Å²) in [5, 5.41) is 3.44. The van der Waals surface area contributed by atoms with Gasteiger partial charge in [-0.05, 0) is 30.5 Å². The van der Waals surface area contributed by atoms with E-state index in [0.29, 0.717) is 16.7 Å². The van der Waals surface area contributed by atoms with Crippen molar-refractivity contribution in [1.29, 1.82) is 0 Å². The molecule has 0 bridgehead atoms. The maximum atomic E-state index is 12.6. The summed E-state index contributed by atoms with van der Waals surface area (Å²) in [7, 11) is 1.54. The van der Waals surface area contributed by atoms with E-state index in [1.54, 1.807) is 25.3 Å². The fraction of sp³-hybridized carbons (Fsp3) is 0.304. The van der Waals surface area contributed by atoms with Gasteiger partial charge < -0.3 is 14.5 Å². The van der Waals surface area contributed by atoms with Crippen LogP contribution in [0.1, 0.15) is 29.0 Å². The molecule has 1 aromatic heterocycles. The highest BCUT2D eigenvalue weighted by molar-refractivity contribution is 5.93. The Kier molecular flexibility index (Phi) is 5.62. The topological polar surface area (TPSA) is 71.8 Å². The van der Waals surface area contributed by atoms with E-state index in [-0.39, 0.29) is 23.1 Å². The van der Waals surface area contributed by atoms with Crippen LogP contribution in [0, 0.1) is 0 Å². The van der Waals surface area contributed by atoms with Gasteiger partial charge in [0.1, 0.15) is 11.3 Å². The van der Waals surface area contributed by atoms with Crippen molar-refractivity contribution < 1.29 is 13.9 Å². The normalized spacial score (nSPS) is 15.3. The highest BCUT2D eigenvalue weighted by atomic mass is 16.5. The van der Waals surface area contributed by atoms with Gasteiger partial charge in [0, 0.05) is 37.8 Å². The Hall–Kier alpha value is -3.12. The predicted molar refractivity (Wildman–Crippen MR) is 111 cm³/mol. The fourth-order valence-electron chi connectivity index (χ4n) is 3.71. The summed E-state index contributed by atoms with van der Waals surface area (Å²) in [6.07, 6.45) is 1.73. The van der Waals surface area contributed by atoms with Crippen LogP contribution in [-0.4, -0.2) is 37.0 Å². The fourth-order valence-corrected chi connectivity index (χ4v) is 3.71. The number of methoxy groups -OCH3 is 1. The Bertz CT molecular complexity index is 1050. The maximum Gasteiger partial charge on any atom is 0.287 e. The summed E-state index contributed by atoms with van der Waals surface area (Å²) in [5.74, 6) is 0.250. The van der Waals surface area contributed by atoms with E-state index in [1.807, 2.05) is 6.07 Å². The molecule has 0 radical (unpaired) electrons. The third-order valence-corrected chi connectivity index (χ3v) is 5.33. The van der Waals surface area contributed by atoms with Gasteiger partial charge in [0.15, 0.2) is 11.2 Å². The number of carbonyl (C=O) groups excluding carboxylic acids is 1. The summed E-state index contributed by atoms with van der Waals surface area (Å²) in [4.78, 5) is 27.4. The Morgan fingerprint density at radius 1 is 1.14 bits per heavy atom. The largest absolute Gasteiger partial charge is 0.497 e. The van der Waals surface area contributed by atoms with Gasteiger partial charge in [-0.2, -0.15) is 0 Å². The van der Waals surface area contributed by atoms with Crippen LogP contribution in [0.4, 0.5) is 0 Å². The number of rotatable bonds is 5. The van der Waals surface area contributed by atoms with Gasteiger partial charge in [-0.15, -0.1) is 0 Å². The van der Waals surface area contributed by atoms with Crippen LogP contribution in [0.25, 0.3) is 11.0 Å². The number of carbonyl (C=O) groups is 1. The van der Waals surface area contributed by atoms with Gasteiger partial charge in [-0.1, -0.05) is 30.3 Å². The number of nitrogens with one attached hydrogen (secondary N) is 1. The van der Waals surface area contributed by atoms with Gasteiger partial charge in [-0.25, -0.2) is 0 Å². The first-order chi connectivity index (χ1) is 14.1.